The Morgan fingerprint density at radius 3 is 1.64 bits per heavy atom. The molecule has 3 rings (SSSR count). The van der Waals surface area contributed by atoms with Crippen molar-refractivity contribution < 1.29 is 4.74 Å². The summed E-state index contributed by atoms with van der Waals surface area (Å²) in [6.07, 6.45) is 3.23. The van der Waals surface area contributed by atoms with Crippen molar-refractivity contribution in [2.45, 2.75) is 53.9 Å². The number of ether oxygens (including phenoxy) is 1. The van der Waals surface area contributed by atoms with Crippen LogP contribution in [0.25, 0.3) is 10.8 Å². The van der Waals surface area contributed by atoms with E-state index in [1.807, 2.05) is 0 Å². The second-order valence-corrected chi connectivity index (χ2v) is 10.1. The first-order valence-corrected chi connectivity index (χ1v) is 10.3. The van der Waals surface area contributed by atoms with Gasteiger partial charge in [0.1, 0.15) is 5.75 Å². The molecule has 0 spiro atoms. The summed E-state index contributed by atoms with van der Waals surface area (Å²) in [4.78, 5) is 0. The molecule has 3 aromatic rings. The van der Waals surface area contributed by atoms with E-state index in [9.17, 15) is 0 Å². The van der Waals surface area contributed by atoms with Crippen LogP contribution in [0.1, 0.15) is 51.3 Å². The average Bonchev–Trinajstić information content (AvgIpc) is 2.60. The first-order chi connectivity index (χ1) is 13.1. The Morgan fingerprint density at radius 2 is 1.11 bits per heavy atom. The van der Waals surface area contributed by atoms with Crippen molar-refractivity contribution in [2.75, 3.05) is 7.11 Å². The number of rotatable bonds is 6. The van der Waals surface area contributed by atoms with E-state index in [1.54, 1.807) is 7.11 Å². The summed E-state index contributed by atoms with van der Waals surface area (Å²) in [6, 6.07) is 22.3. The quantitative estimate of drug-likeness (QED) is 0.441. The van der Waals surface area contributed by atoms with E-state index in [2.05, 4.69) is 95.3 Å². The highest BCUT2D eigenvalue weighted by atomic mass is 16.5. The minimum absolute atomic E-state index is 0.200. The van der Waals surface area contributed by atoms with Crippen molar-refractivity contribution >= 4 is 10.8 Å². The zero-order chi connectivity index (χ0) is 20.4. The SMILES string of the molecule is COc1ccc(CC(C)(C)Cc2ccc3ccc(CC(C)(C)C)cc3c2)cc1. The standard InChI is InChI=1S/C27H34O/c1-26(2,3)17-21-7-11-23-12-8-22(16-24(23)15-21)19-27(4,5)18-20-9-13-25(28-6)14-10-20/h7-16H,17-19H2,1-6H3. The Morgan fingerprint density at radius 1 is 0.607 bits per heavy atom. The lowest BCUT2D eigenvalue weighted by Gasteiger charge is -2.25. The summed E-state index contributed by atoms with van der Waals surface area (Å²) >= 11 is 0. The molecule has 0 bridgehead atoms. The Hall–Kier alpha value is -2.28. The van der Waals surface area contributed by atoms with E-state index >= 15 is 0 Å². The zero-order valence-corrected chi connectivity index (χ0v) is 18.3. The van der Waals surface area contributed by atoms with Crippen LogP contribution in [0.15, 0.2) is 60.7 Å². The smallest absolute Gasteiger partial charge is 0.118 e. The molecule has 1 nitrogen and oxygen atoms in total. The van der Waals surface area contributed by atoms with E-state index in [0.29, 0.717) is 5.41 Å². The minimum Gasteiger partial charge on any atom is -0.497 e. The van der Waals surface area contributed by atoms with Crippen molar-refractivity contribution in [3.8, 4) is 5.75 Å². The molecule has 0 amide bonds. The molecule has 0 atom stereocenters. The van der Waals surface area contributed by atoms with Crippen molar-refractivity contribution in [2.24, 2.45) is 10.8 Å². The van der Waals surface area contributed by atoms with Crippen molar-refractivity contribution in [1.82, 2.24) is 0 Å². The third-order valence-corrected chi connectivity index (χ3v) is 5.23. The van der Waals surface area contributed by atoms with Crippen molar-refractivity contribution in [1.29, 1.82) is 0 Å². The number of hydrogen-bond acceptors (Lipinski definition) is 1. The summed E-state index contributed by atoms with van der Waals surface area (Å²) in [5.41, 5.74) is 4.71. The predicted molar refractivity (Wildman–Crippen MR) is 121 cm³/mol. The molecular formula is C27H34O. The maximum Gasteiger partial charge on any atom is 0.118 e. The van der Waals surface area contributed by atoms with Crippen LogP contribution < -0.4 is 4.74 Å². The Bertz CT molecular complexity index is 927. The van der Waals surface area contributed by atoms with Gasteiger partial charge >= 0.3 is 0 Å². The highest BCUT2D eigenvalue weighted by Gasteiger charge is 2.20. The minimum atomic E-state index is 0.200. The molecule has 148 valence electrons. The fourth-order valence-electron chi connectivity index (χ4n) is 4.09. The number of methoxy groups -OCH3 is 1. The topological polar surface area (TPSA) is 9.23 Å². The monoisotopic (exact) mass is 374 g/mol. The molecule has 0 saturated heterocycles. The Labute approximate surface area is 170 Å². The van der Waals surface area contributed by atoms with Crippen LogP contribution >= 0.6 is 0 Å². The van der Waals surface area contributed by atoms with Crippen LogP contribution in [0.4, 0.5) is 0 Å². The molecular weight excluding hydrogens is 340 g/mol. The highest BCUT2D eigenvalue weighted by Crippen LogP contribution is 2.30. The van der Waals surface area contributed by atoms with Gasteiger partial charge in [0.15, 0.2) is 0 Å². The summed E-state index contributed by atoms with van der Waals surface area (Å²) in [5.74, 6) is 0.919. The van der Waals surface area contributed by atoms with Gasteiger partial charge in [0, 0.05) is 0 Å². The van der Waals surface area contributed by atoms with Crippen LogP contribution in [0, 0.1) is 10.8 Å². The molecule has 0 saturated carbocycles. The molecule has 0 N–H and O–H groups in total. The second kappa shape index (κ2) is 7.99. The maximum absolute atomic E-state index is 5.28. The van der Waals surface area contributed by atoms with E-state index in [-0.39, 0.29) is 5.41 Å². The molecule has 1 heteroatoms. The normalized spacial score (nSPS) is 12.4. The van der Waals surface area contributed by atoms with Crippen LogP contribution in [-0.2, 0) is 19.3 Å². The van der Waals surface area contributed by atoms with Gasteiger partial charge in [-0.3, -0.25) is 0 Å². The average molecular weight is 375 g/mol. The summed E-state index contributed by atoms with van der Waals surface area (Å²) < 4.78 is 5.28. The molecule has 0 aliphatic carbocycles. The summed E-state index contributed by atoms with van der Waals surface area (Å²) in [7, 11) is 1.71. The third-order valence-electron chi connectivity index (χ3n) is 5.23. The lowest BCUT2D eigenvalue weighted by Crippen LogP contribution is -2.18. The van der Waals surface area contributed by atoms with Gasteiger partial charge in [-0.15, -0.1) is 0 Å². The van der Waals surface area contributed by atoms with Gasteiger partial charge in [-0.05, 0) is 69.7 Å². The molecule has 0 radical (unpaired) electrons. The summed E-state index contributed by atoms with van der Waals surface area (Å²) in [6.45, 7) is 11.6. The van der Waals surface area contributed by atoms with Gasteiger partial charge in [0.05, 0.1) is 7.11 Å². The maximum atomic E-state index is 5.28. The van der Waals surface area contributed by atoms with Crippen molar-refractivity contribution in [3.63, 3.8) is 0 Å². The van der Waals surface area contributed by atoms with E-state index in [0.717, 1.165) is 25.0 Å². The highest BCUT2D eigenvalue weighted by molar-refractivity contribution is 5.83. The van der Waals surface area contributed by atoms with Gasteiger partial charge < -0.3 is 4.74 Å². The fraction of sp³-hybridized carbons (Fsp3) is 0.407. The molecule has 3 aromatic carbocycles. The number of hydrogen-bond donors (Lipinski definition) is 0. The first kappa shape index (κ1) is 20.5. The fourth-order valence-corrected chi connectivity index (χ4v) is 4.09. The van der Waals surface area contributed by atoms with Gasteiger partial charge in [0.2, 0.25) is 0 Å². The first-order valence-electron chi connectivity index (χ1n) is 10.3. The number of fused-ring (bicyclic) bond motifs is 1. The van der Waals surface area contributed by atoms with E-state index < -0.39 is 0 Å². The molecule has 0 aliphatic rings. The van der Waals surface area contributed by atoms with Crippen molar-refractivity contribution in [3.05, 3.63) is 77.4 Å². The molecule has 0 heterocycles. The largest absolute Gasteiger partial charge is 0.497 e. The van der Waals surface area contributed by atoms with Gasteiger partial charge in [0.25, 0.3) is 0 Å². The third kappa shape index (κ3) is 5.61. The van der Waals surface area contributed by atoms with Gasteiger partial charge in [-0.1, -0.05) is 83.1 Å². The zero-order valence-electron chi connectivity index (χ0n) is 18.3. The molecule has 28 heavy (non-hydrogen) atoms. The van der Waals surface area contributed by atoms with Crippen LogP contribution in [0.5, 0.6) is 5.75 Å². The van der Waals surface area contributed by atoms with E-state index in [4.69, 9.17) is 4.74 Å². The predicted octanol–water partition coefficient (Wildman–Crippen LogP) is 7.25. The molecule has 0 aromatic heterocycles. The van der Waals surface area contributed by atoms with Gasteiger partial charge in [-0.2, -0.15) is 0 Å². The summed E-state index contributed by atoms with van der Waals surface area (Å²) in [5, 5.41) is 2.69. The Balaban J connectivity index is 1.77. The Kier molecular flexibility index (Phi) is 5.84. The lowest BCUT2D eigenvalue weighted by molar-refractivity contribution is 0.360. The number of benzene rings is 3. The second-order valence-electron chi connectivity index (χ2n) is 10.1. The van der Waals surface area contributed by atoms with Crippen LogP contribution in [0.2, 0.25) is 0 Å². The van der Waals surface area contributed by atoms with Crippen LogP contribution in [-0.4, -0.2) is 7.11 Å². The molecule has 0 unspecified atom stereocenters. The van der Waals surface area contributed by atoms with Gasteiger partial charge in [-0.25, -0.2) is 0 Å². The van der Waals surface area contributed by atoms with Crippen LogP contribution in [0.3, 0.4) is 0 Å². The van der Waals surface area contributed by atoms with E-state index in [1.165, 1.54) is 27.5 Å². The molecule has 0 aliphatic heterocycles. The lowest BCUT2D eigenvalue weighted by atomic mass is 9.80. The molecule has 0 fully saturated rings.